The van der Waals surface area contributed by atoms with Crippen molar-refractivity contribution < 1.29 is 14.0 Å². The summed E-state index contributed by atoms with van der Waals surface area (Å²) in [6, 6.07) is 12.9. The normalized spacial score (nSPS) is 14.8. The zero-order valence-electron chi connectivity index (χ0n) is 16.2. The first kappa shape index (κ1) is 19.5. The van der Waals surface area contributed by atoms with E-state index < -0.39 is 0 Å². The van der Waals surface area contributed by atoms with E-state index in [0.717, 1.165) is 17.5 Å². The summed E-state index contributed by atoms with van der Waals surface area (Å²) < 4.78 is 5.89. The number of aromatic nitrogens is 1. The molecule has 0 bridgehead atoms. The highest BCUT2D eigenvalue weighted by atomic mass is 35.5. The van der Waals surface area contributed by atoms with Gasteiger partial charge in [0.2, 0.25) is 5.91 Å². The standard InChI is InChI=1S/C22H22ClN3O3/c1-15(27)25-8-3-9-26(11-10-25)22(28)17-6-7-19-20(14-17)29-21(24-19)13-16-4-2-5-18(23)12-16/h2,4-7,12,14H,3,8-11,13H2,1H3. The minimum Gasteiger partial charge on any atom is -0.440 e. The number of amides is 2. The van der Waals surface area contributed by atoms with E-state index >= 15 is 0 Å². The summed E-state index contributed by atoms with van der Waals surface area (Å²) in [5.74, 6) is 0.582. The number of oxazole rings is 1. The molecule has 29 heavy (non-hydrogen) atoms. The lowest BCUT2D eigenvalue weighted by atomic mass is 10.1. The van der Waals surface area contributed by atoms with Crippen molar-refractivity contribution in [2.45, 2.75) is 19.8 Å². The molecule has 0 aliphatic carbocycles. The number of carbonyl (C=O) groups excluding carboxylic acids is 2. The Balaban J connectivity index is 1.51. The zero-order valence-corrected chi connectivity index (χ0v) is 17.0. The van der Waals surface area contributed by atoms with Gasteiger partial charge in [-0.1, -0.05) is 23.7 Å². The summed E-state index contributed by atoms with van der Waals surface area (Å²) in [5.41, 5.74) is 2.89. The maximum Gasteiger partial charge on any atom is 0.254 e. The lowest BCUT2D eigenvalue weighted by Gasteiger charge is -2.21. The van der Waals surface area contributed by atoms with Crippen LogP contribution < -0.4 is 0 Å². The van der Waals surface area contributed by atoms with Crippen molar-refractivity contribution in [3.63, 3.8) is 0 Å². The van der Waals surface area contributed by atoms with Crippen LogP contribution in [0.3, 0.4) is 0 Å². The number of rotatable bonds is 3. The van der Waals surface area contributed by atoms with E-state index in [1.165, 1.54) is 0 Å². The SMILES string of the molecule is CC(=O)N1CCCN(C(=O)c2ccc3nc(Cc4cccc(Cl)c4)oc3c2)CC1. The van der Waals surface area contributed by atoms with Gasteiger partial charge in [0.1, 0.15) is 5.52 Å². The van der Waals surface area contributed by atoms with Gasteiger partial charge in [0.05, 0.1) is 0 Å². The van der Waals surface area contributed by atoms with Crippen LogP contribution in [-0.2, 0) is 11.2 Å². The fraction of sp³-hybridized carbons (Fsp3) is 0.318. The molecule has 3 aromatic rings. The smallest absolute Gasteiger partial charge is 0.254 e. The van der Waals surface area contributed by atoms with E-state index in [2.05, 4.69) is 4.98 Å². The number of hydrogen-bond donors (Lipinski definition) is 0. The highest BCUT2D eigenvalue weighted by molar-refractivity contribution is 6.30. The van der Waals surface area contributed by atoms with Crippen LogP contribution in [0.5, 0.6) is 0 Å². The first-order valence-electron chi connectivity index (χ1n) is 9.68. The molecule has 2 aromatic carbocycles. The van der Waals surface area contributed by atoms with E-state index in [1.54, 1.807) is 28.9 Å². The van der Waals surface area contributed by atoms with E-state index in [-0.39, 0.29) is 11.8 Å². The van der Waals surface area contributed by atoms with Gasteiger partial charge in [-0.3, -0.25) is 9.59 Å². The average Bonchev–Trinajstić information content (AvgIpc) is 2.92. The molecule has 2 heterocycles. The molecule has 4 rings (SSSR count). The number of halogens is 1. The van der Waals surface area contributed by atoms with Gasteiger partial charge in [-0.15, -0.1) is 0 Å². The topological polar surface area (TPSA) is 66.7 Å². The van der Waals surface area contributed by atoms with Gasteiger partial charge < -0.3 is 14.2 Å². The number of hydrogen-bond acceptors (Lipinski definition) is 4. The Morgan fingerprint density at radius 2 is 1.86 bits per heavy atom. The van der Waals surface area contributed by atoms with Crippen LogP contribution in [0.25, 0.3) is 11.1 Å². The summed E-state index contributed by atoms with van der Waals surface area (Å²) in [6.07, 6.45) is 1.31. The minimum atomic E-state index is -0.0508. The summed E-state index contributed by atoms with van der Waals surface area (Å²) in [4.78, 5) is 32.6. The molecule has 1 fully saturated rings. The summed E-state index contributed by atoms with van der Waals surface area (Å²) in [6.45, 7) is 3.99. The largest absolute Gasteiger partial charge is 0.440 e. The monoisotopic (exact) mass is 411 g/mol. The Labute approximate surface area is 174 Å². The second-order valence-corrected chi connectivity index (χ2v) is 7.69. The van der Waals surface area contributed by atoms with Crippen LogP contribution in [0.4, 0.5) is 0 Å². The molecule has 0 radical (unpaired) electrons. The molecule has 1 aliphatic heterocycles. The molecule has 1 saturated heterocycles. The fourth-order valence-corrected chi connectivity index (χ4v) is 3.83. The highest BCUT2D eigenvalue weighted by Gasteiger charge is 2.22. The molecule has 6 nitrogen and oxygen atoms in total. The first-order chi connectivity index (χ1) is 14.0. The van der Waals surface area contributed by atoms with Crippen molar-refractivity contribution in [3.8, 4) is 0 Å². The summed E-state index contributed by atoms with van der Waals surface area (Å²) >= 11 is 6.04. The third-order valence-corrected chi connectivity index (χ3v) is 5.39. The Morgan fingerprint density at radius 1 is 1.07 bits per heavy atom. The molecule has 0 N–H and O–H groups in total. The number of benzene rings is 2. The minimum absolute atomic E-state index is 0.0506. The van der Waals surface area contributed by atoms with Crippen LogP contribution in [0.15, 0.2) is 46.9 Å². The van der Waals surface area contributed by atoms with Crippen molar-refractivity contribution in [2.75, 3.05) is 26.2 Å². The van der Waals surface area contributed by atoms with Crippen molar-refractivity contribution in [2.24, 2.45) is 0 Å². The average molecular weight is 412 g/mol. The lowest BCUT2D eigenvalue weighted by Crippen LogP contribution is -2.36. The molecule has 7 heteroatoms. The predicted molar refractivity (Wildman–Crippen MR) is 111 cm³/mol. The molecule has 2 amide bonds. The van der Waals surface area contributed by atoms with Gasteiger partial charge in [0.25, 0.3) is 5.91 Å². The van der Waals surface area contributed by atoms with Crippen molar-refractivity contribution in [3.05, 3.63) is 64.5 Å². The highest BCUT2D eigenvalue weighted by Crippen LogP contribution is 2.21. The lowest BCUT2D eigenvalue weighted by molar-refractivity contribution is -0.128. The molecule has 0 spiro atoms. The zero-order chi connectivity index (χ0) is 20.4. The molecular formula is C22H22ClN3O3. The molecule has 150 valence electrons. The van der Waals surface area contributed by atoms with Crippen LogP contribution in [0.2, 0.25) is 5.02 Å². The predicted octanol–water partition coefficient (Wildman–Crippen LogP) is 3.77. The van der Waals surface area contributed by atoms with E-state index in [4.69, 9.17) is 16.0 Å². The Bertz CT molecular complexity index is 1060. The molecule has 1 aliphatic rings. The Hall–Kier alpha value is -2.86. The third kappa shape index (κ3) is 4.43. The first-order valence-corrected chi connectivity index (χ1v) is 10.1. The third-order valence-electron chi connectivity index (χ3n) is 5.15. The molecule has 0 atom stereocenters. The van der Waals surface area contributed by atoms with Crippen molar-refractivity contribution in [1.82, 2.24) is 14.8 Å². The molecule has 0 unspecified atom stereocenters. The fourth-order valence-electron chi connectivity index (χ4n) is 3.62. The molecular weight excluding hydrogens is 390 g/mol. The number of nitrogens with zero attached hydrogens (tertiary/aromatic N) is 3. The van der Waals surface area contributed by atoms with Gasteiger partial charge in [0, 0.05) is 50.1 Å². The number of fused-ring (bicyclic) bond motifs is 1. The second-order valence-electron chi connectivity index (χ2n) is 7.25. The van der Waals surface area contributed by atoms with Gasteiger partial charge in [-0.2, -0.15) is 0 Å². The summed E-state index contributed by atoms with van der Waals surface area (Å²) in [7, 11) is 0. The maximum atomic E-state index is 13.0. The quantitative estimate of drug-likeness (QED) is 0.658. The van der Waals surface area contributed by atoms with Gasteiger partial charge in [0.15, 0.2) is 11.5 Å². The van der Waals surface area contributed by atoms with Gasteiger partial charge in [-0.25, -0.2) is 4.98 Å². The van der Waals surface area contributed by atoms with Crippen LogP contribution in [0, 0.1) is 0 Å². The van der Waals surface area contributed by atoms with E-state index in [9.17, 15) is 9.59 Å². The summed E-state index contributed by atoms with van der Waals surface area (Å²) in [5, 5.41) is 0.673. The van der Waals surface area contributed by atoms with Crippen LogP contribution >= 0.6 is 11.6 Å². The molecule has 1 aromatic heterocycles. The Morgan fingerprint density at radius 3 is 2.66 bits per heavy atom. The van der Waals surface area contributed by atoms with Crippen LogP contribution in [-0.4, -0.2) is 52.8 Å². The van der Waals surface area contributed by atoms with Gasteiger partial charge >= 0.3 is 0 Å². The van der Waals surface area contributed by atoms with Crippen LogP contribution in [0.1, 0.15) is 35.2 Å². The molecule has 0 saturated carbocycles. The van der Waals surface area contributed by atoms with Gasteiger partial charge in [-0.05, 0) is 42.3 Å². The maximum absolute atomic E-state index is 13.0. The van der Waals surface area contributed by atoms with Crippen molar-refractivity contribution >= 4 is 34.5 Å². The van der Waals surface area contributed by atoms with Crippen molar-refractivity contribution in [1.29, 1.82) is 0 Å². The second kappa shape index (κ2) is 8.25. The van der Waals surface area contributed by atoms with E-state index in [0.29, 0.717) is 54.7 Å². The Kier molecular flexibility index (Phi) is 5.53. The van der Waals surface area contributed by atoms with E-state index in [1.807, 2.05) is 30.3 Å². The number of carbonyl (C=O) groups is 2.